The van der Waals surface area contributed by atoms with E-state index in [-0.39, 0.29) is 13.2 Å². The molecule has 3 aromatic carbocycles. The molecule has 0 bridgehead atoms. The van der Waals surface area contributed by atoms with Gasteiger partial charge in [-0.1, -0.05) is 0 Å². The predicted octanol–water partition coefficient (Wildman–Crippen LogP) is 2.81. The van der Waals surface area contributed by atoms with E-state index in [2.05, 4.69) is 0 Å². The summed E-state index contributed by atoms with van der Waals surface area (Å²) < 4.78 is 10.6. The minimum absolute atomic E-state index is 0.154. The summed E-state index contributed by atoms with van der Waals surface area (Å²) in [5.74, 6) is 1.10. The van der Waals surface area contributed by atoms with Crippen molar-refractivity contribution < 1.29 is 24.5 Å². The zero-order valence-electron chi connectivity index (χ0n) is 13.5. The molecule has 24 heavy (non-hydrogen) atoms. The average molecular weight is 326 g/mol. The Balaban J connectivity index is 2.49. The third-order valence-corrected chi connectivity index (χ3v) is 4.25. The van der Waals surface area contributed by atoms with Crippen LogP contribution in [0.3, 0.4) is 0 Å². The van der Waals surface area contributed by atoms with Crippen LogP contribution in [0.2, 0.25) is 0 Å². The maximum Gasteiger partial charge on any atom is 0.150 e. The Labute approximate surface area is 139 Å². The van der Waals surface area contributed by atoms with Crippen molar-refractivity contribution in [2.75, 3.05) is 14.2 Å². The Kier molecular flexibility index (Phi) is 4.38. The van der Waals surface area contributed by atoms with Crippen LogP contribution in [0.4, 0.5) is 0 Å². The summed E-state index contributed by atoms with van der Waals surface area (Å²) in [4.78, 5) is 11.5. The molecule has 0 fully saturated rings. The topological polar surface area (TPSA) is 76.0 Å². The molecule has 2 N–H and O–H groups in total. The summed E-state index contributed by atoms with van der Waals surface area (Å²) in [5.41, 5.74) is 1.82. The molecule has 0 aliphatic heterocycles. The van der Waals surface area contributed by atoms with Gasteiger partial charge in [0.25, 0.3) is 0 Å². The van der Waals surface area contributed by atoms with Gasteiger partial charge in [-0.2, -0.15) is 0 Å². The molecule has 0 aromatic heterocycles. The molecule has 124 valence electrons. The van der Waals surface area contributed by atoms with Gasteiger partial charge in [0.2, 0.25) is 0 Å². The van der Waals surface area contributed by atoms with Crippen molar-refractivity contribution in [3.63, 3.8) is 0 Å². The minimum Gasteiger partial charge on any atom is -0.496 e. The fourth-order valence-corrected chi connectivity index (χ4v) is 3.05. The van der Waals surface area contributed by atoms with E-state index in [1.807, 2.05) is 12.1 Å². The number of methoxy groups -OCH3 is 2. The maximum absolute atomic E-state index is 11.5. The molecule has 5 nitrogen and oxygen atoms in total. The van der Waals surface area contributed by atoms with Crippen molar-refractivity contribution in [3.8, 4) is 11.5 Å². The summed E-state index contributed by atoms with van der Waals surface area (Å²) in [5, 5.41) is 22.4. The summed E-state index contributed by atoms with van der Waals surface area (Å²) >= 11 is 0. The Morgan fingerprint density at radius 3 is 1.96 bits per heavy atom. The van der Waals surface area contributed by atoms with Crippen LogP contribution in [-0.2, 0) is 13.2 Å². The molecule has 0 saturated carbocycles. The quantitative estimate of drug-likeness (QED) is 0.557. The number of ether oxygens (including phenoxy) is 2. The van der Waals surface area contributed by atoms with Crippen LogP contribution < -0.4 is 9.47 Å². The summed E-state index contributed by atoms with van der Waals surface area (Å²) in [6.45, 7) is -0.325. The fourth-order valence-electron chi connectivity index (χ4n) is 3.05. The standard InChI is InChI=1S/C19H18O5/c1-23-18-6-11-3-12(8-20)16-7-19(24-2)14(10-22)5-17(16)15(11)4-13(18)9-21/h3-8,21-22H,9-10H2,1-2H3. The molecule has 0 unspecified atom stereocenters. The largest absolute Gasteiger partial charge is 0.496 e. The number of aliphatic hydroxyl groups is 2. The smallest absolute Gasteiger partial charge is 0.150 e. The monoisotopic (exact) mass is 326 g/mol. The molecule has 0 saturated heterocycles. The number of hydrogen-bond donors (Lipinski definition) is 2. The molecule has 0 atom stereocenters. The van der Waals surface area contributed by atoms with E-state index in [1.165, 1.54) is 14.2 Å². The highest BCUT2D eigenvalue weighted by molar-refractivity contribution is 6.14. The van der Waals surface area contributed by atoms with Crippen molar-refractivity contribution in [1.82, 2.24) is 0 Å². The molecule has 0 radical (unpaired) electrons. The van der Waals surface area contributed by atoms with Crippen molar-refractivity contribution >= 4 is 27.8 Å². The van der Waals surface area contributed by atoms with Crippen molar-refractivity contribution in [2.24, 2.45) is 0 Å². The van der Waals surface area contributed by atoms with E-state index >= 15 is 0 Å². The normalized spacial score (nSPS) is 11.0. The van der Waals surface area contributed by atoms with Gasteiger partial charge in [-0.15, -0.1) is 0 Å². The van der Waals surface area contributed by atoms with E-state index in [4.69, 9.17) is 9.47 Å². The van der Waals surface area contributed by atoms with Gasteiger partial charge in [0.15, 0.2) is 6.29 Å². The first-order chi connectivity index (χ1) is 11.7. The molecule has 3 aromatic rings. The van der Waals surface area contributed by atoms with Crippen LogP contribution in [0.1, 0.15) is 21.5 Å². The number of aliphatic hydroxyl groups excluding tert-OH is 2. The highest BCUT2D eigenvalue weighted by atomic mass is 16.5. The molecule has 0 spiro atoms. The predicted molar refractivity (Wildman–Crippen MR) is 91.8 cm³/mol. The third kappa shape index (κ3) is 2.48. The van der Waals surface area contributed by atoms with Crippen LogP contribution in [0.15, 0.2) is 30.3 Å². The van der Waals surface area contributed by atoms with E-state index in [0.717, 1.165) is 27.8 Å². The Morgan fingerprint density at radius 1 is 0.833 bits per heavy atom. The number of hydrogen-bond acceptors (Lipinski definition) is 5. The lowest BCUT2D eigenvalue weighted by Gasteiger charge is -2.14. The number of rotatable bonds is 5. The van der Waals surface area contributed by atoms with Gasteiger partial charge in [-0.25, -0.2) is 0 Å². The Hall–Kier alpha value is -2.63. The number of aldehydes is 1. The molecule has 0 heterocycles. The second-order valence-electron chi connectivity index (χ2n) is 5.49. The SMILES string of the molecule is COc1cc2cc(C=O)c3cc(OC)c(CO)cc3c2cc1CO. The van der Waals surface area contributed by atoms with E-state index in [9.17, 15) is 15.0 Å². The first-order valence-corrected chi connectivity index (χ1v) is 7.48. The van der Waals surface area contributed by atoms with Gasteiger partial charge < -0.3 is 19.7 Å². The lowest BCUT2D eigenvalue weighted by Crippen LogP contribution is -1.96. The lowest BCUT2D eigenvalue weighted by molar-refractivity contribution is 0.112. The van der Waals surface area contributed by atoms with Crippen molar-refractivity contribution in [3.05, 3.63) is 47.0 Å². The van der Waals surface area contributed by atoms with Crippen molar-refractivity contribution in [2.45, 2.75) is 13.2 Å². The van der Waals surface area contributed by atoms with Crippen LogP contribution in [0.25, 0.3) is 21.5 Å². The van der Waals surface area contributed by atoms with Crippen molar-refractivity contribution in [1.29, 1.82) is 0 Å². The summed E-state index contributed by atoms with van der Waals surface area (Å²) in [7, 11) is 3.06. The molecule has 0 amide bonds. The molecule has 0 aliphatic rings. The number of carbonyl (C=O) groups excluding carboxylic acids is 1. The minimum atomic E-state index is -0.172. The Morgan fingerprint density at radius 2 is 1.42 bits per heavy atom. The van der Waals surface area contributed by atoms with Gasteiger partial charge >= 0.3 is 0 Å². The highest BCUT2D eigenvalue weighted by Gasteiger charge is 2.14. The number of fused-ring (bicyclic) bond motifs is 3. The van der Waals surface area contributed by atoms with Crippen LogP contribution in [-0.4, -0.2) is 30.7 Å². The van der Waals surface area contributed by atoms with Gasteiger partial charge in [0.1, 0.15) is 11.5 Å². The first kappa shape index (κ1) is 16.2. The van der Waals surface area contributed by atoms with Gasteiger partial charge in [0.05, 0.1) is 27.4 Å². The summed E-state index contributed by atoms with van der Waals surface area (Å²) in [6.07, 6.45) is 0.798. The highest BCUT2D eigenvalue weighted by Crippen LogP contribution is 2.36. The average Bonchev–Trinajstić information content (AvgIpc) is 2.64. The van der Waals surface area contributed by atoms with E-state index in [0.29, 0.717) is 28.2 Å². The van der Waals surface area contributed by atoms with Crippen LogP contribution in [0.5, 0.6) is 11.5 Å². The second-order valence-corrected chi connectivity index (χ2v) is 5.49. The van der Waals surface area contributed by atoms with Crippen LogP contribution >= 0.6 is 0 Å². The third-order valence-electron chi connectivity index (χ3n) is 4.25. The lowest BCUT2D eigenvalue weighted by atomic mass is 9.94. The van der Waals surface area contributed by atoms with Crippen LogP contribution in [0, 0.1) is 0 Å². The zero-order chi connectivity index (χ0) is 17.3. The zero-order valence-corrected chi connectivity index (χ0v) is 13.5. The first-order valence-electron chi connectivity index (χ1n) is 7.48. The van der Waals surface area contributed by atoms with Gasteiger partial charge in [-0.05, 0) is 51.9 Å². The fraction of sp³-hybridized carbons (Fsp3) is 0.211. The Bertz CT molecular complexity index is 930. The molecular weight excluding hydrogens is 308 g/mol. The summed E-state index contributed by atoms with van der Waals surface area (Å²) in [6, 6.07) is 9.01. The van der Waals surface area contributed by atoms with Gasteiger partial charge in [0, 0.05) is 16.7 Å². The number of benzene rings is 3. The van der Waals surface area contributed by atoms with E-state index in [1.54, 1.807) is 18.2 Å². The molecule has 5 heteroatoms. The molecule has 0 aliphatic carbocycles. The van der Waals surface area contributed by atoms with E-state index < -0.39 is 0 Å². The maximum atomic E-state index is 11.5. The second kappa shape index (κ2) is 6.47. The van der Waals surface area contributed by atoms with Gasteiger partial charge in [-0.3, -0.25) is 4.79 Å². The number of carbonyl (C=O) groups is 1. The molecular formula is C19H18O5. The molecule has 3 rings (SSSR count).